The molecule has 2 aromatic rings. The Bertz CT molecular complexity index is 884. The smallest absolute Gasteiger partial charge is 0.119 e. The van der Waals surface area contributed by atoms with Crippen molar-refractivity contribution < 1.29 is 4.74 Å². The van der Waals surface area contributed by atoms with Crippen LogP contribution < -0.4 is 4.74 Å². The quantitative estimate of drug-likeness (QED) is 0.553. The molecule has 142 valence electrons. The van der Waals surface area contributed by atoms with Gasteiger partial charge < -0.3 is 9.64 Å². The number of hydrogen-bond acceptors (Lipinski definition) is 2. The van der Waals surface area contributed by atoms with E-state index in [0.29, 0.717) is 6.61 Å². The molecule has 0 amide bonds. The molecule has 2 aromatic carbocycles. The van der Waals surface area contributed by atoms with E-state index in [4.69, 9.17) is 4.74 Å². The lowest BCUT2D eigenvalue weighted by molar-refractivity contribution is 0.261. The van der Waals surface area contributed by atoms with Crippen molar-refractivity contribution in [2.45, 2.75) is 13.3 Å². The molecule has 0 radical (unpaired) electrons. The first-order valence-corrected chi connectivity index (χ1v) is 9.82. The summed E-state index contributed by atoms with van der Waals surface area (Å²) < 4.78 is 5.87. The Labute approximate surface area is 169 Å². The SMILES string of the molecule is CC/C(C1=CC=[C+]C=C1)=C(\c1ccccc1)c1ccc(OCCN(C)C)cc1. The molecule has 1 aliphatic rings. The van der Waals surface area contributed by atoms with Gasteiger partial charge >= 0.3 is 0 Å². The van der Waals surface area contributed by atoms with Crippen LogP contribution in [0.2, 0.25) is 0 Å². The molecule has 3 rings (SSSR count). The Kier molecular flexibility index (Phi) is 6.97. The second-order valence-electron chi connectivity index (χ2n) is 7.04. The predicted molar refractivity (Wildman–Crippen MR) is 118 cm³/mol. The molecule has 0 fully saturated rings. The van der Waals surface area contributed by atoms with Crippen LogP contribution in [0.3, 0.4) is 0 Å². The summed E-state index contributed by atoms with van der Waals surface area (Å²) in [5.41, 5.74) is 6.28. The van der Waals surface area contributed by atoms with Gasteiger partial charge in [-0.1, -0.05) is 49.4 Å². The Morgan fingerprint density at radius 2 is 1.68 bits per heavy atom. The van der Waals surface area contributed by atoms with Crippen LogP contribution in [0.25, 0.3) is 5.57 Å². The summed E-state index contributed by atoms with van der Waals surface area (Å²) in [6.45, 7) is 3.81. The van der Waals surface area contributed by atoms with Gasteiger partial charge in [-0.3, -0.25) is 0 Å². The third kappa shape index (κ3) is 5.07. The molecule has 0 saturated carbocycles. The minimum absolute atomic E-state index is 0.689. The molecular weight excluding hydrogens is 342 g/mol. The summed E-state index contributed by atoms with van der Waals surface area (Å²) in [7, 11) is 4.11. The number of ether oxygens (including phenoxy) is 1. The average Bonchev–Trinajstić information content (AvgIpc) is 2.73. The molecule has 0 unspecified atom stereocenters. The Morgan fingerprint density at radius 3 is 2.29 bits per heavy atom. The van der Waals surface area contributed by atoms with Crippen molar-refractivity contribution in [2.75, 3.05) is 27.2 Å². The van der Waals surface area contributed by atoms with E-state index in [2.05, 4.69) is 98.7 Å². The number of likely N-dealkylation sites (N-methyl/N-ethyl adjacent to an activating group) is 1. The van der Waals surface area contributed by atoms with E-state index in [1.54, 1.807) is 0 Å². The maximum absolute atomic E-state index is 5.87. The Morgan fingerprint density at radius 1 is 0.964 bits per heavy atom. The van der Waals surface area contributed by atoms with Gasteiger partial charge in [0, 0.05) is 12.6 Å². The number of nitrogens with zero attached hydrogens (tertiary/aromatic N) is 1. The molecule has 28 heavy (non-hydrogen) atoms. The summed E-state index contributed by atoms with van der Waals surface area (Å²) in [6.07, 6.45) is 12.3. The van der Waals surface area contributed by atoms with Crippen LogP contribution in [0.5, 0.6) is 5.75 Å². The highest BCUT2D eigenvalue weighted by molar-refractivity contribution is 5.85. The van der Waals surface area contributed by atoms with Gasteiger partial charge in [0.25, 0.3) is 0 Å². The lowest BCUT2D eigenvalue weighted by atomic mass is 9.87. The molecule has 0 aromatic heterocycles. The van der Waals surface area contributed by atoms with Gasteiger partial charge in [-0.25, -0.2) is 0 Å². The normalized spacial score (nSPS) is 13.8. The summed E-state index contributed by atoms with van der Waals surface area (Å²) in [5, 5.41) is 0. The standard InChI is InChI=1S/C26H28NO/c1-4-25(21-11-7-5-8-12-21)26(22-13-9-6-10-14-22)23-15-17-24(18-16-23)28-20-19-27(2)3/h6-18H,4,19-20H2,1-3H3/q+1/b26-25-. The first kappa shape index (κ1) is 19.8. The zero-order valence-corrected chi connectivity index (χ0v) is 17.0. The zero-order chi connectivity index (χ0) is 19.8. The van der Waals surface area contributed by atoms with Crippen molar-refractivity contribution in [3.05, 3.63) is 107 Å². The highest BCUT2D eigenvalue weighted by Crippen LogP contribution is 2.34. The van der Waals surface area contributed by atoms with E-state index in [-0.39, 0.29) is 0 Å². The third-order valence-corrected chi connectivity index (χ3v) is 4.73. The first-order valence-electron chi connectivity index (χ1n) is 9.82. The molecule has 2 heteroatoms. The van der Waals surface area contributed by atoms with Gasteiger partial charge in [0.1, 0.15) is 24.5 Å². The molecule has 0 saturated heterocycles. The number of hydrogen-bond donors (Lipinski definition) is 0. The van der Waals surface area contributed by atoms with Crippen LogP contribution in [0.1, 0.15) is 24.5 Å². The Balaban J connectivity index is 1.98. The second kappa shape index (κ2) is 9.85. The lowest BCUT2D eigenvalue weighted by Gasteiger charge is -2.16. The number of allylic oxidation sites excluding steroid dienone is 7. The summed E-state index contributed by atoms with van der Waals surface area (Å²) in [5.74, 6) is 0.908. The van der Waals surface area contributed by atoms with Crippen LogP contribution in [0.4, 0.5) is 0 Å². The molecule has 0 bridgehead atoms. The minimum atomic E-state index is 0.689. The van der Waals surface area contributed by atoms with Crippen LogP contribution >= 0.6 is 0 Å². The van der Waals surface area contributed by atoms with Gasteiger partial charge in [0.15, 0.2) is 0 Å². The van der Waals surface area contributed by atoms with Gasteiger partial charge in [0.05, 0.1) is 17.7 Å². The molecule has 0 heterocycles. The van der Waals surface area contributed by atoms with E-state index in [1.165, 1.54) is 27.8 Å². The highest BCUT2D eigenvalue weighted by Gasteiger charge is 2.17. The Hall–Kier alpha value is -2.93. The minimum Gasteiger partial charge on any atom is -0.492 e. The van der Waals surface area contributed by atoms with Crippen molar-refractivity contribution in [3.63, 3.8) is 0 Å². The topological polar surface area (TPSA) is 12.5 Å². The maximum atomic E-state index is 5.87. The molecule has 0 aliphatic heterocycles. The third-order valence-electron chi connectivity index (χ3n) is 4.73. The molecule has 1 aliphatic carbocycles. The molecule has 0 spiro atoms. The van der Waals surface area contributed by atoms with Gasteiger partial charge in [0.2, 0.25) is 0 Å². The largest absolute Gasteiger partial charge is 0.492 e. The van der Waals surface area contributed by atoms with Crippen molar-refractivity contribution in [1.29, 1.82) is 0 Å². The van der Waals surface area contributed by atoms with Gasteiger partial charge in [-0.2, -0.15) is 0 Å². The lowest BCUT2D eigenvalue weighted by Crippen LogP contribution is -2.19. The summed E-state index contributed by atoms with van der Waals surface area (Å²) in [6, 6.07) is 19.1. The van der Waals surface area contributed by atoms with Crippen molar-refractivity contribution in [2.24, 2.45) is 0 Å². The fourth-order valence-electron chi connectivity index (χ4n) is 3.30. The summed E-state index contributed by atoms with van der Waals surface area (Å²) in [4.78, 5) is 2.12. The number of rotatable bonds is 8. The van der Waals surface area contributed by atoms with Crippen LogP contribution in [0, 0.1) is 6.08 Å². The van der Waals surface area contributed by atoms with E-state index >= 15 is 0 Å². The maximum Gasteiger partial charge on any atom is 0.119 e. The monoisotopic (exact) mass is 370 g/mol. The van der Waals surface area contributed by atoms with E-state index in [9.17, 15) is 0 Å². The molecule has 0 atom stereocenters. The zero-order valence-electron chi connectivity index (χ0n) is 17.0. The average molecular weight is 371 g/mol. The fourth-order valence-corrected chi connectivity index (χ4v) is 3.30. The van der Waals surface area contributed by atoms with Crippen LogP contribution in [-0.4, -0.2) is 32.1 Å². The van der Waals surface area contributed by atoms with Crippen molar-refractivity contribution in [3.8, 4) is 5.75 Å². The van der Waals surface area contributed by atoms with E-state index in [1.807, 2.05) is 12.2 Å². The molecule has 0 N–H and O–H groups in total. The fraction of sp³-hybridized carbons (Fsp3) is 0.231. The molecule has 2 nitrogen and oxygen atoms in total. The number of benzene rings is 2. The second-order valence-corrected chi connectivity index (χ2v) is 7.04. The van der Waals surface area contributed by atoms with E-state index in [0.717, 1.165) is 18.7 Å². The van der Waals surface area contributed by atoms with Crippen molar-refractivity contribution >= 4 is 5.57 Å². The molecular formula is C26H28NO+. The predicted octanol–water partition coefficient (Wildman–Crippen LogP) is 5.69. The summed E-state index contributed by atoms with van der Waals surface area (Å²) >= 11 is 0. The van der Waals surface area contributed by atoms with Gasteiger partial charge in [-0.15, -0.1) is 0 Å². The van der Waals surface area contributed by atoms with Crippen LogP contribution in [-0.2, 0) is 0 Å². The highest BCUT2D eigenvalue weighted by atomic mass is 16.5. The first-order chi connectivity index (χ1) is 13.7. The van der Waals surface area contributed by atoms with Crippen LogP contribution in [0.15, 0.2) is 90.0 Å². The van der Waals surface area contributed by atoms with Gasteiger partial charge in [-0.05, 0) is 54.9 Å². The van der Waals surface area contributed by atoms with Crippen molar-refractivity contribution in [1.82, 2.24) is 4.90 Å². The van der Waals surface area contributed by atoms with E-state index < -0.39 is 0 Å².